The fourth-order valence-corrected chi connectivity index (χ4v) is 4.43. The van der Waals surface area contributed by atoms with Crippen LogP contribution in [0, 0.1) is 0 Å². The highest BCUT2D eigenvalue weighted by atomic mass is 32.1. The molecule has 1 heterocycles. The lowest BCUT2D eigenvalue weighted by atomic mass is 10.0. The van der Waals surface area contributed by atoms with E-state index in [0.29, 0.717) is 33.5 Å². The number of fused-ring (bicyclic) bond motifs is 1. The Kier molecular flexibility index (Phi) is 6.82. The molecule has 1 amide bonds. The number of carbonyl (C=O) groups is 1. The standard InChI is InChI=1S/C23H28N2O4S/c1-7-10-25-17-9-8-15(14(2)3)13-20(17)30-23(25)24-22(26)16-11-18(27-4)21(29-6)19(12-16)28-5/h8-9,11-14H,7,10H2,1-6H3. The van der Waals surface area contributed by atoms with E-state index in [9.17, 15) is 4.79 Å². The lowest BCUT2D eigenvalue weighted by Gasteiger charge is -2.12. The lowest BCUT2D eigenvalue weighted by Crippen LogP contribution is -2.17. The Labute approximate surface area is 180 Å². The number of carbonyl (C=O) groups excluding carboxylic acids is 1. The molecule has 160 valence electrons. The molecular weight excluding hydrogens is 400 g/mol. The van der Waals surface area contributed by atoms with Gasteiger partial charge < -0.3 is 18.8 Å². The van der Waals surface area contributed by atoms with Crippen molar-refractivity contribution >= 4 is 27.5 Å². The van der Waals surface area contributed by atoms with E-state index < -0.39 is 0 Å². The summed E-state index contributed by atoms with van der Waals surface area (Å²) in [5.74, 6) is 1.39. The first kappa shape index (κ1) is 21.9. The van der Waals surface area contributed by atoms with Crippen molar-refractivity contribution in [3.05, 3.63) is 46.3 Å². The maximum absolute atomic E-state index is 13.0. The van der Waals surface area contributed by atoms with E-state index in [1.807, 2.05) is 0 Å². The Hall–Kier alpha value is -2.80. The van der Waals surface area contributed by atoms with Crippen LogP contribution in [-0.4, -0.2) is 31.8 Å². The molecule has 30 heavy (non-hydrogen) atoms. The van der Waals surface area contributed by atoms with E-state index in [1.54, 1.807) is 12.1 Å². The second kappa shape index (κ2) is 9.34. The van der Waals surface area contributed by atoms with Crippen molar-refractivity contribution in [3.8, 4) is 17.2 Å². The number of hydrogen-bond donors (Lipinski definition) is 0. The minimum Gasteiger partial charge on any atom is -0.493 e. The number of ether oxygens (including phenoxy) is 3. The molecule has 7 heteroatoms. The molecule has 0 atom stereocenters. The number of benzene rings is 2. The first-order valence-corrected chi connectivity index (χ1v) is 10.8. The topological polar surface area (TPSA) is 62.1 Å². The van der Waals surface area contributed by atoms with Crippen molar-refractivity contribution in [2.45, 2.75) is 39.7 Å². The summed E-state index contributed by atoms with van der Waals surface area (Å²) in [6, 6.07) is 9.72. The summed E-state index contributed by atoms with van der Waals surface area (Å²) in [5.41, 5.74) is 2.76. The van der Waals surface area contributed by atoms with E-state index in [4.69, 9.17) is 14.2 Å². The predicted octanol–water partition coefficient (Wildman–Crippen LogP) is 5.00. The molecule has 0 saturated carbocycles. The minimum atomic E-state index is -0.352. The molecule has 0 aliphatic carbocycles. The highest BCUT2D eigenvalue weighted by Crippen LogP contribution is 2.38. The number of thiazole rings is 1. The fourth-order valence-electron chi connectivity index (χ4n) is 3.33. The number of amides is 1. The van der Waals surface area contributed by atoms with Crippen molar-refractivity contribution in [1.29, 1.82) is 0 Å². The third kappa shape index (κ3) is 4.21. The van der Waals surface area contributed by atoms with Gasteiger partial charge in [-0.2, -0.15) is 4.99 Å². The molecule has 0 N–H and O–H groups in total. The lowest BCUT2D eigenvalue weighted by molar-refractivity contribution is 0.0997. The Balaban J connectivity index is 2.14. The summed E-state index contributed by atoms with van der Waals surface area (Å²) in [5, 5.41) is 0. The first-order valence-electron chi connectivity index (χ1n) is 9.95. The van der Waals surface area contributed by atoms with E-state index in [2.05, 4.69) is 48.5 Å². The van der Waals surface area contributed by atoms with Gasteiger partial charge in [0.2, 0.25) is 5.75 Å². The van der Waals surface area contributed by atoms with E-state index in [-0.39, 0.29) is 5.91 Å². The molecular formula is C23H28N2O4S. The molecule has 0 radical (unpaired) electrons. The largest absolute Gasteiger partial charge is 0.493 e. The van der Waals surface area contributed by atoms with Gasteiger partial charge in [0.1, 0.15) is 0 Å². The molecule has 0 fully saturated rings. The van der Waals surface area contributed by atoms with Crippen molar-refractivity contribution in [2.75, 3.05) is 21.3 Å². The zero-order chi connectivity index (χ0) is 21.8. The number of aryl methyl sites for hydroxylation is 1. The van der Waals surface area contributed by atoms with Gasteiger partial charge in [-0.25, -0.2) is 0 Å². The molecule has 0 unspecified atom stereocenters. The van der Waals surface area contributed by atoms with Crippen LogP contribution in [-0.2, 0) is 6.54 Å². The summed E-state index contributed by atoms with van der Waals surface area (Å²) >= 11 is 1.53. The Bertz CT molecular complexity index is 1100. The van der Waals surface area contributed by atoms with Crippen LogP contribution in [0.5, 0.6) is 17.2 Å². The van der Waals surface area contributed by atoms with Gasteiger partial charge in [0.25, 0.3) is 5.91 Å². The number of aromatic nitrogens is 1. The fraction of sp³-hybridized carbons (Fsp3) is 0.391. The van der Waals surface area contributed by atoms with Crippen LogP contribution in [0.3, 0.4) is 0 Å². The monoisotopic (exact) mass is 428 g/mol. The zero-order valence-corrected chi connectivity index (χ0v) is 19.1. The van der Waals surface area contributed by atoms with Crippen molar-refractivity contribution in [3.63, 3.8) is 0 Å². The van der Waals surface area contributed by atoms with Crippen LogP contribution in [0.2, 0.25) is 0 Å². The van der Waals surface area contributed by atoms with Crippen LogP contribution in [0.25, 0.3) is 10.2 Å². The molecule has 0 spiro atoms. The normalized spacial score (nSPS) is 11.9. The summed E-state index contributed by atoms with van der Waals surface area (Å²) in [6.45, 7) is 7.26. The van der Waals surface area contributed by atoms with Gasteiger partial charge in [-0.05, 0) is 42.2 Å². The minimum absolute atomic E-state index is 0.352. The predicted molar refractivity (Wildman–Crippen MR) is 120 cm³/mol. The van der Waals surface area contributed by atoms with Gasteiger partial charge >= 0.3 is 0 Å². The summed E-state index contributed by atoms with van der Waals surface area (Å²) in [7, 11) is 4.58. The molecule has 3 rings (SSSR count). The highest BCUT2D eigenvalue weighted by molar-refractivity contribution is 7.16. The Morgan fingerprint density at radius 3 is 2.27 bits per heavy atom. The number of hydrogen-bond acceptors (Lipinski definition) is 5. The molecule has 1 aromatic heterocycles. The Morgan fingerprint density at radius 2 is 1.73 bits per heavy atom. The number of methoxy groups -OCH3 is 3. The molecule has 0 aliphatic rings. The molecule has 0 saturated heterocycles. The average molecular weight is 429 g/mol. The van der Waals surface area contributed by atoms with Crippen molar-refractivity contribution in [1.82, 2.24) is 4.57 Å². The second-order valence-electron chi connectivity index (χ2n) is 7.25. The van der Waals surface area contributed by atoms with Crippen LogP contribution >= 0.6 is 11.3 Å². The van der Waals surface area contributed by atoms with Crippen molar-refractivity contribution in [2.24, 2.45) is 4.99 Å². The molecule has 0 aliphatic heterocycles. The van der Waals surface area contributed by atoms with Crippen molar-refractivity contribution < 1.29 is 19.0 Å². The third-order valence-corrected chi connectivity index (χ3v) is 5.97. The third-order valence-electron chi connectivity index (χ3n) is 4.93. The highest BCUT2D eigenvalue weighted by Gasteiger charge is 2.17. The summed E-state index contributed by atoms with van der Waals surface area (Å²) in [6.07, 6.45) is 0.948. The Morgan fingerprint density at radius 1 is 1.07 bits per heavy atom. The van der Waals surface area contributed by atoms with E-state index in [1.165, 1.54) is 38.2 Å². The van der Waals surface area contributed by atoms with Gasteiger partial charge in [-0.1, -0.05) is 38.2 Å². The maximum atomic E-state index is 13.0. The summed E-state index contributed by atoms with van der Waals surface area (Å²) < 4.78 is 19.3. The van der Waals surface area contributed by atoms with Gasteiger partial charge in [0, 0.05) is 12.1 Å². The number of nitrogens with zero attached hydrogens (tertiary/aromatic N) is 2. The van der Waals surface area contributed by atoms with Gasteiger partial charge in [0.15, 0.2) is 16.3 Å². The molecule has 6 nitrogen and oxygen atoms in total. The zero-order valence-electron chi connectivity index (χ0n) is 18.3. The van der Waals surface area contributed by atoms with Crippen LogP contribution < -0.4 is 19.0 Å². The summed E-state index contributed by atoms with van der Waals surface area (Å²) in [4.78, 5) is 18.2. The van der Waals surface area contributed by atoms with Crippen LogP contribution in [0.4, 0.5) is 0 Å². The molecule has 2 aromatic carbocycles. The van der Waals surface area contributed by atoms with E-state index in [0.717, 1.165) is 23.2 Å². The van der Waals surface area contributed by atoms with Gasteiger partial charge in [0.05, 0.1) is 31.5 Å². The quantitative estimate of drug-likeness (QED) is 0.531. The molecule has 3 aromatic rings. The van der Waals surface area contributed by atoms with Crippen LogP contribution in [0.1, 0.15) is 49.0 Å². The van der Waals surface area contributed by atoms with Gasteiger partial charge in [-0.15, -0.1) is 0 Å². The molecule has 0 bridgehead atoms. The second-order valence-corrected chi connectivity index (χ2v) is 8.26. The SMILES string of the molecule is CCCn1c(=NC(=O)c2cc(OC)c(OC)c(OC)c2)sc2cc(C(C)C)ccc21. The van der Waals surface area contributed by atoms with Gasteiger partial charge in [-0.3, -0.25) is 4.79 Å². The smallest absolute Gasteiger partial charge is 0.279 e. The van der Waals surface area contributed by atoms with Crippen LogP contribution in [0.15, 0.2) is 35.3 Å². The van der Waals surface area contributed by atoms with E-state index >= 15 is 0 Å². The maximum Gasteiger partial charge on any atom is 0.279 e. The average Bonchev–Trinajstić information content (AvgIpc) is 3.08. The first-order chi connectivity index (χ1) is 14.4. The number of rotatable bonds is 7.